The first-order valence-corrected chi connectivity index (χ1v) is 5.15. The van der Waals surface area contributed by atoms with Crippen LogP contribution in [0.1, 0.15) is 0 Å². The molecule has 1 aromatic heterocycles. The van der Waals surface area contributed by atoms with Crippen molar-refractivity contribution in [1.82, 2.24) is 4.98 Å². The van der Waals surface area contributed by atoms with E-state index in [1.807, 2.05) is 12.1 Å². The van der Waals surface area contributed by atoms with Crippen LogP contribution in [0.2, 0.25) is 0 Å². The van der Waals surface area contributed by atoms with Crippen molar-refractivity contribution < 1.29 is 4.42 Å². The van der Waals surface area contributed by atoms with Gasteiger partial charge in [0, 0.05) is 10.5 Å². The minimum atomic E-state index is 0.813. The summed E-state index contributed by atoms with van der Waals surface area (Å²) < 4.78 is 5.18. The van der Waals surface area contributed by atoms with Crippen LogP contribution >= 0.6 is 11.8 Å². The molecule has 0 aliphatic heterocycles. The van der Waals surface area contributed by atoms with Gasteiger partial charge in [0.25, 0.3) is 0 Å². The smallest absolute Gasteiger partial charge is 0.181 e. The van der Waals surface area contributed by atoms with Gasteiger partial charge in [0.15, 0.2) is 12.2 Å². The molecule has 0 atom stereocenters. The molecule has 0 amide bonds. The van der Waals surface area contributed by atoms with E-state index in [2.05, 4.69) is 23.4 Å². The van der Waals surface area contributed by atoms with E-state index in [0.717, 1.165) is 11.3 Å². The van der Waals surface area contributed by atoms with Crippen LogP contribution in [0.15, 0.2) is 46.2 Å². The number of benzene rings is 1. The molecule has 3 heteroatoms. The van der Waals surface area contributed by atoms with Gasteiger partial charge in [-0.25, -0.2) is 4.98 Å². The summed E-state index contributed by atoms with van der Waals surface area (Å²) in [4.78, 5) is 5.12. The molecule has 66 valence electrons. The SMILES string of the molecule is CSc1ccc(-c2cnco2)cc1. The minimum Gasteiger partial charge on any atom is -0.444 e. The quantitative estimate of drug-likeness (QED) is 0.682. The van der Waals surface area contributed by atoms with Crippen LogP contribution < -0.4 is 0 Å². The fourth-order valence-corrected chi connectivity index (χ4v) is 1.52. The number of thioether (sulfide) groups is 1. The molecule has 0 aliphatic rings. The van der Waals surface area contributed by atoms with Gasteiger partial charge in [0.05, 0.1) is 6.20 Å². The zero-order valence-electron chi connectivity index (χ0n) is 7.23. The lowest BCUT2D eigenvalue weighted by molar-refractivity contribution is 0.572. The summed E-state index contributed by atoms with van der Waals surface area (Å²) in [5.74, 6) is 0.813. The van der Waals surface area contributed by atoms with Crippen molar-refractivity contribution in [2.24, 2.45) is 0 Å². The van der Waals surface area contributed by atoms with Crippen molar-refractivity contribution in [3.05, 3.63) is 36.9 Å². The number of rotatable bonds is 2. The largest absolute Gasteiger partial charge is 0.444 e. The van der Waals surface area contributed by atoms with Crippen LogP contribution in [0.5, 0.6) is 0 Å². The second-order valence-electron chi connectivity index (χ2n) is 2.59. The van der Waals surface area contributed by atoms with Crippen molar-refractivity contribution in [3.63, 3.8) is 0 Å². The topological polar surface area (TPSA) is 26.0 Å². The number of oxazole rings is 1. The van der Waals surface area contributed by atoms with Gasteiger partial charge >= 0.3 is 0 Å². The summed E-state index contributed by atoms with van der Waals surface area (Å²) in [5, 5.41) is 0. The Bertz CT molecular complexity index is 366. The lowest BCUT2D eigenvalue weighted by Crippen LogP contribution is -1.73. The molecule has 13 heavy (non-hydrogen) atoms. The maximum atomic E-state index is 5.18. The molecule has 0 spiro atoms. The highest BCUT2D eigenvalue weighted by atomic mass is 32.2. The monoisotopic (exact) mass is 191 g/mol. The Hall–Kier alpha value is -1.22. The van der Waals surface area contributed by atoms with Crippen LogP contribution in [0, 0.1) is 0 Å². The molecule has 2 rings (SSSR count). The van der Waals surface area contributed by atoms with Gasteiger partial charge < -0.3 is 4.42 Å². The summed E-state index contributed by atoms with van der Waals surface area (Å²) in [6.07, 6.45) is 5.22. The van der Waals surface area contributed by atoms with Crippen LogP contribution in [0.3, 0.4) is 0 Å². The van der Waals surface area contributed by atoms with Gasteiger partial charge in [-0.15, -0.1) is 11.8 Å². The molecular weight excluding hydrogens is 182 g/mol. The van der Waals surface area contributed by atoms with Gasteiger partial charge in [-0.2, -0.15) is 0 Å². The van der Waals surface area contributed by atoms with Gasteiger partial charge in [0.2, 0.25) is 0 Å². The fraction of sp³-hybridized carbons (Fsp3) is 0.100. The van der Waals surface area contributed by atoms with E-state index < -0.39 is 0 Å². The first-order chi connectivity index (χ1) is 6.40. The average molecular weight is 191 g/mol. The third-order valence-electron chi connectivity index (χ3n) is 1.81. The number of nitrogens with zero attached hydrogens (tertiary/aromatic N) is 1. The van der Waals surface area contributed by atoms with E-state index in [0.29, 0.717) is 0 Å². The molecule has 0 bridgehead atoms. The predicted octanol–water partition coefficient (Wildman–Crippen LogP) is 3.06. The Kier molecular flexibility index (Phi) is 2.36. The highest BCUT2D eigenvalue weighted by Gasteiger charge is 1.99. The third kappa shape index (κ3) is 1.75. The Balaban J connectivity index is 2.33. The first kappa shape index (κ1) is 8.38. The maximum absolute atomic E-state index is 5.18. The van der Waals surface area contributed by atoms with E-state index in [-0.39, 0.29) is 0 Å². The molecular formula is C10H9NOS. The molecule has 2 aromatic rings. The molecule has 0 fully saturated rings. The van der Waals surface area contributed by atoms with E-state index in [4.69, 9.17) is 4.42 Å². The molecule has 0 saturated heterocycles. The zero-order valence-corrected chi connectivity index (χ0v) is 8.04. The summed E-state index contributed by atoms with van der Waals surface area (Å²) in [5.41, 5.74) is 1.07. The van der Waals surface area contributed by atoms with Gasteiger partial charge in [-0.3, -0.25) is 0 Å². The molecule has 0 unspecified atom stereocenters. The third-order valence-corrected chi connectivity index (χ3v) is 2.55. The second kappa shape index (κ2) is 3.66. The highest BCUT2D eigenvalue weighted by molar-refractivity contribution is 7.98. The molecule has 0 saturated carbocycles. The summed E-state index contributed by atoms with van der Waals surface area (Å²) >= 11 is 1.73. The average Bonchev–Trinajstić information content (AvgIpc) is 2.71. The van der Waals surface area contributed by atoms with E-state index in [1.54, 1.807) is 18.0 Å². The molecule has 1 aromatic carbocycles. The summed E-state index contributed by atoms with van der Waals surface area (Å²) in [7, 11) is 0. The Morgan fingerprint density at radius 3 is 2.54 bits per heavy atom. The summed E-state index contributed by atoms with van der Waals surface area (Å²) in [6, 6.07) is 8.21. The van der Waals surface area contributed by atoms with E-state index in [9.17, 15) is 0 Å². The predicted molar refractivity (Wildman–Crippen MR) is 53.7 cm³/mol. The van der Waals surface area contributed by atoms with Crippen molar-refractivity contribution >= 4 is 11.8 Å². The van der Waals surface area contributed by atoms with Gasteiger partial charge in [0.1, 0.15) is 0 Å². The Labute approximate surface area is 81.0 Å². The molecule has 2 nitrogen and oxygen atoms in total. The molecule has 0 N–H and O–H groups in total. The van der Waals surface area contributed by atoms with Gasteiger partial charge in [-0.05, 0) is 18.4 Å². The van der Waals surface area contributed by atoms with Crippen molar-refractivity contribution in [3.8, 4) is 11.3 Å². The van der Waals surface area contributed by atoms with Crippen LogP contribution in [-0.4, -0.2) is 11.2 Å². The summed E-state index contributed by atoms with van der Waals surface area (Å²) in [6.45, 7) is 0. The Morgan fingerprint density at radius 1 is 1.23 bits per heavy atom. The standard InChI is InChI=1S/C10H9NOS/c1-13-9-4-2-8(3-5-9)10-6-11-7-12-10/h2-7H,1H3. The molecule has 0 radical (unpaired) electrons. The van der Waals surface area contributed by atoms with Crippen molar-refractivity contribution in [2.75, 3.05) is 6.26 Å². The van der Waals surface area contributed by atoms with Crippen LogP contribution in [0.25, 0.3) is 11.3 Å². The fourth-order valence-electron chi connectivity index (χ4n) is 1.11. The molecule has 1 heterocycles. The van der Waals surface area contributed by atoms with Crippen molar-refractivity contribution in [1.29, 1.82) is 0 Å². The maximum Gasteiger partial charge on any atom is 0.181 e. The first-order valence-electron chi connectivity index (χ1n) is 3.93. The minimum absolute atomic E-state index is 0.813. The van der Waals surface area contributed by atoms with E-state index in [1.165, 1.54) is 11.3 Å². The normalized spacial score (nSPS) is 10.2. The van der Waals surface area contributed by atoms with Gasteiger partial charge in [-0.1, -0.05) is 12.1 Å². The Morgan fingerprint density at radius 2 is 2.00 bits per heavy atom. The van der Waals surface area contributed by atoms with Crippen molar-refractivity contribution in [2.45, 2.75) is 4.90 Å². The lowest BCUT2D eigenvalue weighted by Gasteiger charge is -1.97. The van der Waals surface area contributed by atoms with Crippen LogP contribution in [0.4, 0.5) is 0 Å². The number of hydrogen-bond donors (Lipinski definition) is 0. The number of hydrogen-bond acceptors (Lipinski definition) is 3. The lowest BCUT2D eigenvalue weighted by atomic mass is 10.2. The number of aromatic nitrogens is 1. The zero-order chi connectivity index (χ0) is 9.10. The van der Waals surface area contributed by atoms with E-state index >= 15 is 0 Å². The second-order valence-corrected chi connectivity index (χ2v) is 3.47. The van der Waals surface area contributed by atoms with Crippen LogP contribution in [-0.2, 0) is 0 Å². The molecule has 0 aliphatic carbocycles. The highest BCUT2D eigenvalue weighted by Crippen LogP contribution is 2.22.